The standard InChI is InChI=1S/C17H24N2O4/c1-3-23-17(22)12(2)11-14(16(18)21)19-15(20)10-9-13-7-5-4-6-8-13/h4-8,12,14H,3,9-11H2,1-2H3,(H2,18,21)(H,19,20)/t12-,14+/m0/s1. The topological polar surface area (TPSA) is 98.5 Å². The first kappa shape index (κ1) is 18.7. The van der Waals surface area contributed by atoms with Gasteiger partial charge in [0.15, 0.2) is 0 Å². The molecule has 2 amide bonds. The van der Waals surface area contributed by atoms with Crippen molar-refractivity contribution in [1.82, 2.24) is 5.32 Å². The van der Waals surface area contributed by atoms with Crippen LogP contribution in [0.4, 0.5) is 0 Å². The molecule has 0 saturated carbocycles. The third-order valence-corrected chi connectivity index (χ3v) is 3.44. The van der Waals surface area contributed by atoms with Gasteiger partial charge in [-0.2, -0.15) is 0 Å². The molecule has 1 rings (SSSR count). The molecule has 0 heterocycles. The van der Waals surface area contributed by atoms with Gasteiger partial charge in [-0.3, -0.25) is 14.4 Å². The number of amides is 2. The molecule has 6 heteroatoms. The molecule has 23 heavy (non-hydrogen) atoms. The Labute approximate surface area is 136 Å². The van der Waals surface area contributed by atoms with E-state index < -0.39 is 23.8 Å². The molecule has 0 bridgehead atoms. The maximum atomic E-state index is 12.0. The van der Waals surface area contributed by atoms with Crippen molar-refractivity contribution in [3.63, 3.8) is 0 Å². The summed E-state index contributed by atoms with van der Waals surface area (Å²) < 4.78 is 4.89. The molecule has 1 aromatic carbocycles. The van der Waals surface area contributed by atoms with Crippen molar-refractivity contribution >= 4 is 17.8 Å². The van der Waals surface area contributed by atoms with Crippen LogP contribution >= 0.6 is 0 Å². The number of hydrogen-bond donors (Lipinski definition) is 2. The first-order valence-corrected chi connectivity index (χ1v) is 7.73. The first-order valence-electron chi connectivity index (χ1n) is 7.73. The Morgan fingerprint density at radius 3 is 2.43 bits per heavy atom. The summed E-state index contributed by atoms with van der Waals surface area (Å²) in [7, 11) is 0. The fourth-order valence-corrected chi connectivity index (χ4v) is 2.15. The van der Waals surface area contributed by atoms with E-state index in [-0.39, 0.29) is 25.4 Å². The van der Waals surface area contributed by atoms with Crippen LogP contribution in [0, 0.1) is 5.92 Å². The molecule has 0 radical (unpaired) electrons. The van der Waals surface area contributed by atoms with Gasteiger partial charge < -0.3 is 15.8 Å². The van der Waals surface area contributed by atoms with Crippen LogP contribution in [0.1, 0.15) is 32.3 Å². The van der Waals surface area contributed by atoms with Crippen LogP contribution in [-0.2, 0) is 25.5 Å². The Morgan fingerprint density at radius 2 is 1.87 bits per heavy atom. The fraction of sp³-hybridized carbons (Fsp3) is 0.471. The number of nitrogens with two attached hydrogens (primary N) is 1. The Hall–Kier alpha value is -2.37. The summed E-state index contributed by atoms with van der Waals surface area (Å²) >= 11 is 0. The molecule has 126 valence electrons. The number of rotatable bonds is 9. The normalized spacial score (nSPS) is 13.0. The summed E-state index contributed by atoms with van der Waals surface area (Å²) in [6.07, 6.45) is 0.957. The highest BCUT2D eigenvalue weighted by Crippen LogP contribution is 2.09. The van der Waals surface area contributed by atoms with E-state index in [1.165, 1.54) is 0 Å². The number of carbonyl (C=O) groups excluding carboxylic acids is 3. The van der Waals surface area contributed by atoms with E-state index in [2.05, 4.69) is 5.32 Å². The van der Waals surface area contributed by atoms with Gasteiger partial charge in [0, 0.05) is 6.42 Å². The third-order valence-electron chi connectivity index (χ3n) is 3.44. The van der Waals surface area contributed by atoms with Crippen LogP contribution in [-0.4, -0.2) is 30.4 Å². The van der Waals surface area contributed by atoms with Crippen molar-refractivity contribution in [2.45, 2.75) is 39.2 Å². The minimum Gasteiger partial charge on any atom is -0.466 e. The number of nitrogens with one attached hydrogen (secondary N) is 1. The summed E-state index contributed by atoms with van der Waals surface area (Å²) in [6.45, 7) is 3.62. The van der Waals surface area contributed by atoms with Crippen molar-refractivity contribution in [1.29, 1.82) is 0 Å². The molecule has 2 atom stereocenters. The fourth-order valence-electron chi connectivity index (χ4n) is 2.15. The Kier molecular flexibility index (Phi) is 7.80. The zero-order chi connectivity index (χ0) is 17.2. The molecule has 0 aliphatic rings. The van der Waals surface area contributed by atoms with Gasteiger partial charge >= 0.3 is 5.97 Å². The quantitative estimate of drug-likeness (QED) is 0.667. The number of primary amides is 1. The second-order valence-corrected chi connectivity index (χ2v) is 5.40. The number of ether oxygens (including phenoxy) is 1. The molecule has 1 aromatic rings. The van der Waals surface area contributed by atoms with E-state index in [1.807, 2.05) is 30.3 Å². The van der Waals surface area contributed by atoms with Gasteiger partial charge in [-0.05, 0) is 25.3 Å². The summed E-state index contributed by atoms with van der Waals surface area (Å²) in [5.74, 6) is -1.85. The van der Waals surface area contributed by atoms with Crippen LogP contribution in [0.5, 0.6) is 0 Å². The summed E-state index contributed by atoms with van der Waals surface area (Å²) in [4.78, 5) is 35.1. The molecule has 6 nitrogen and oxygen atoms in total. The lowest BCUT2D eigenvalue weighted by Gasteiger charge is -2.18. The van der Waals surface area contributed by atoms with E-state index in [0.717, 1.165) is 5.56 Å². The van der Waals surface area contributed by atoms with E-state index in [0.29, 0.717) is 6.42 Å². The lowest BCUT2D eigenvalue weighted by atomic mass is 10.0. The van der Waals surface area contributed by atoms with Gasteiger partial charge in [-0.25, -0.2) is 0 Å². The summed E-state index contributed by atoms with van der Waals surface area (Å²) in [5.41, 5.74) is 6.35. The molecule has 3 N–H and O–H groups in total. The van der Waals surface area contributed by atoms with Gasteiger partial charge in [0.2, 0.25) is 11.8 Å². The van der Waals surface area contributed by atoms with Gasteiger partial charge in [0.1, 0.15) is 6.04 Å². The zero-order valence-electron chi connectivity index (χ0n) is 13.6. The lowest BCUT2D eigenvalue weighted by Crippen LogP contribution is -2.46. The number of aryl methyl sites for hydroxylation is 1. The van der Waals surface area contributed by atoms with E-state index in [4.69, 9.17) is 10.5 Å². The highest BCUT2D eigenvalue weighted by molar-refractivity contribution is 5.87. The first-order chi connectivity index (χ1) is 10.9. The molecular formula is C17H24N2O4. The number of hydrogen-bond acceptors (Lipinski definition) is 4. The van der Waals surface area contributed by atoms with Gasteiger partial charge in [0.25, 0.3) is 0 Å². The van der Waals surface area contributed by atoms with Crippen LogP contribution in [0.3, 0.4) is 0 Å². The van der Waals surface area contributed by atoms with Crippen LogP contribution < -0.4 is 11.1 Å². The molecular weight excluding hydrogens is 296 g/mol. The van der Waals surface area contributed by atoms with E-state index in [1.54, 1.807) is 13.8 Å². The van der Waals surface area contributed by atoms with Crippen molar-refractivity contribution in [2.24, 2.45) is 11.7 Å². The van der Waals surface area contributed by atoms with Crippen LogP contribution in [0.15, 0.2) is 30.3 Å². The van der Waals surface area contributed by atoms with Crippen molar-refractivity contribution < 1.29 is 19.1 Å². The number of esters is 1. The molecule has 0 spiro atoms. The predicted molar refractivity (Wildman–Crippen MR) is 86.3 cm³/mol. The number of carbonyl (C=O) groups is 3. The molecule has 0 unspecified atom stereocenters. The van der Waals surface area contributed by atoms with Gasteiger partial charge in [-0.1, -0.05) is 37.3 Å². The molecule has 0 aromatic heterocycles. The second kappa shape index (κ2) is 9.61. The van der Waals surface area contributed by atoms with E-state index in [9.17, 15) is 14.4 Å². The maximum Gasteiger partial charge on any atom is 0.308 e. The largest absolute Gasteiger partial charge is 0.466 e. The van der Waals surface area contributed by atoms with Crippen LogP contribution in [0.25, 0.3) is 0 Å². The average molecular weight is 320 g/mol. The maximum absolute atomic E-state index is 12.0. The molecule has 0 aliphatic heterocycles. The predicted octanol–water partition coefficient (Wildman–Crippen LogP) is 1.18. The summed E-state index contributed by atoms with van der Waals surface area (Å²) in [5, 5.41) is 2.59. The smallest absolute Gasteiger partial charge is 0.308 e. The second-order valence-electron chi connectivity index (χ2n) is 5.40. The minimum absolute atomic E-state index is 0.130. The minimum atomic E-state index is -0.877. The van der Waals surface area contributed by atoms with Gasteiger partial charge in [-0.15, -0.1) is 0 Å². The highest BCUT2D eigenvalue weighted by Gasteiger charge is 2.25. The number of benzene rings is 1. The van der Waals surface area contributed by atoms with Crippen molar-refractivity contribution in [2.75, 3.05) is 6.61 Å². The van der Waals surface area contributed by atoms with Crippen LogP contribution in [0.2, 0.25) is 0 Å². The molecule has 0 fully saturated rings. The third kappa shape index (κ3) is 6.95. The van der Waals surface area contributed by atoms with Crippen molar-refractivity contribution in [3.8, 4) is 0 Å². The molecule has 0 saturated heterocycles. The monoisotopic (exact) mass is 320 g/mol. The average Bonchev–Trinajstić information content (AvgIpc) is 2.53. The Balaban J connectivity index is 2.50. The van der Waals surface area contributed by atoms with Gasteiger partial charge in [0.05, 0.1) is 12.5 Å². The Bertz CT molecular complexity index is 531. The zero-order valence-corrected chi connectivity index (χ0v) is 13.6. The lowest BCUT2D eigenvalue weighted by molar-refractivity contribution is -0.148. The van der Waals surface area contributed by atoms with E-state index >= 15 is 0 Å². The summed E-state index contributed by atoms with van der Waals surface area (Å²) in [6, 6.07) is 8.70. The molecule has 0 aliphatic carbocycles. The highest BCUT2D eigenvalue weighted by atomic mass is 16.5. The Morgan fingerprint density at radius 1 is 1.22 bits per heavy atom. The van der Waals surface area contributed by atoms with Crippen molar-refractivity contribution in [3.05, 3.63) is 35.9 Å². The SMILES string of the molecule is CCOC(=O)[C@@H](C)C[C@@H](NC(=O)CCc1ccccc1)C(N)=O.